The summed E-state index contributed by atoms with van der Waals surface area (Å²) in [6, 6.07) is 13.7. The Balaban J connectivity index is 1.84. The van der Waals surface area contributed by atoms with Gasteiger partial charge in [0.25, 0.3) is 5.56 Å². The van der Waals surface area contributed by atoms with E-state index in [0.717, 1.165) is 40.7 Å². The van der Waals surface area contributed by atoms with Gasteiger partial charge >= 0.3 is 5.69 Å². The number of nitrogens with one attached hydrogen (secondary N) is 1. The summed E-state index contributed by atoms with van der Waals surface area (Å²) in [5, 5.41) is 0.847. The first kappa shape index (κ1) is 19.3. The molecular weight excluding hydrogens is 390 g/mol. The van der Waals surface area contributed by atoms with Gasteiger partial charge in [0, 0.05) is 35.0 Å². The summed E-state index contributed by atoms with van der Waals surface area (Å²) in [5.74, 6) is 0.790. The Hall–Kier alpha value is -3.67. The number of aryl methyl sites for hydroxylation is 1. The van der Waals surface area contributed by atoms with E-state index in [4.69, 9.17) is 9.72 Å². The predicted molar refractivity (Wildman–Crippen MR) is 121 cm³/mol. The van der Waals surface area contributed by atoms with E-state index in [2.05, 4.69) is 49.2 Å². The summed E-state index contributed by atoms with van der Waals surface area (Å²) >= 11 is 0. The number of aromatic nitrogens is 3. The zero-order valence-corrected chi connectivity index (χ0v) is 17.7. The number of nitrogens with zero attached hydrogens (tertiary/aromatic N) is 2. The maximum absolute atomic E-state index is 12.6. The van der Waals surface area contributed by atoms with Gasteiger partial charge in [-0.3, -0.25) is 19.3 Å². The zero-order chi connectivity index (χ0) is 21.8. The van der Waals surface area contributed by atoms with Crippen molar-refractivity contribution >= 4 is 10.9 Å². The van der Waals surface area contributed by atoms with Gasteiger partial charge in [-0.05, 0) is 42.9 Å². The molecule has 0 bridgehead atoms. The van der Waals surface area contributed by atoms with E-state index in [9.17, 15) is 9.59 Å². The number of methoxy groups -OCH3 is 1. The number of rotatable bonds is 4. The molecule has 156 valence electrons. The molecule has 0 unspecified atom stereocenters. The Morgan fingerprint density at radius 3 is 2.45 bits per heavy atom. The van der Waals surface area contributed by atoms with Gasteiger partial charge in [0.2, 0.25) is 0 Å². The standard InChI is InChI=1S/C25H23N3O3/c1-15-4-6-16(7-5-15)17-12-18-22(26-14-17)20(28-11-8-21(29)27-24(28)30)13-19(23(18)31-3)25(2)9-10-25/h4-8,11-14H,9-10H2,1-3H3,(H,27,29,30). The molecule has 5 rings (SSSR count). The van der Waals surface area contributed by atoms with E-state index in [1.165, 1.54) is 22.4 Å². The minimum absolute atomic E-state index is 0.0000558. The molecule has 2 heterocycles. The van der Waals surface area contributed by atoms with Crippen LogP contribution in [-0.4, -0.2) is 21.6 Å². The van der Waals surface area contributed by atoms with E-state index >= 15 is 0 Å². The number of fused-ring (bicyclic) bond motifs is 1. The first-order chi connectivity index (χ1) is 14.9. The van der Waals surface area contributed by atoms with Crippen LogP contribution in [0.2, 0.25) is 0 Å². The van der Waals surface area contributed by atoms with Crippen LogP contribution in [0.5, 0.6) is 5.75 Å². The molecule has 0 amide bonds. The molecule has 0 radical (unpaired) electrons. The van der Waals surface area contributed by atoms with Crippen LogP contribution in [0.15, 0.2) is 64.4 Å². The highest BCUT2D eigenvalue weighted by Gasteiger charge is 2.42. The van der Waals surface area contributed by atoms with Crippen molar-refractivity contribution in [3.63, 3.8) is 0 Å². The molecule has 4 aromatic rings. The van der Waals surface area contributed by atoms with Gasteiger partial charge in [-0.25, -0.2) is 4.79 Å². The average molecular weight is 413 g/mol. The van der Waals surface area contributed by atoms with Crippen LogP contribution in [0.3, 0.4) is 0 Å². The van der Waals surface area contributed by atoms with Gasteiger partial charge in [-0.1, -0.05) is 36.8 Å². The highest BCUT2D eigenvalue weighted by Crippen LogP contribution is 2.53. The minimum Gasteiger partial charge on any atom is -0.496 e. The maximum atomic E-state index is 12.6. The highest BCUT2D eigenvalue weighted by atomic mass is 16.5. The van der Waals surface area contributed by atoms with Crippen molar-refractivity contribution in [3.05, 3.63) is 86.8 Å². The van der Waals surface area contributed by atoms with Gasteiger partial charge in [0.05, 0.1) is 18.3 Å². The SMILES string of the molecule is COc1c(C2(C)CC2)cc(-n2ccc(=O)[nH]c2=O)c2ncc(-c3ccc(C)cc3)cc12. The van der Waals surface area contributed by atoms with Crippen molar-refractivity contribution in [3.8, 4) is 22.6 Å². The lowest BCUT2D eigenvalue weighted by atomic mass is 9.93. The van der Waals surface area contributed by atoms with Crippen molar-refractivity contribution in [1.82, 2.24) is 14.5 Å². The van der Waals surface area contributed by atoms with Crippen LogP contribution in [0.4, 0.5) is 0 Å². The Bertz CT molecular complexity index is 1430. The quantitative estimate of drug-likeness (QED) is 0.546. The normalized spacial score (nSPS) is 14.5. The van der Waals surface area contributed by atoms with Gasteiger partial charge in [-0.15, -0.1) is 0 Å². The average Bonchev–Trinajstić information content (AvgIpc) is 3.51. The topological polar surface area (TPSA) is 77.0 Å². The predicted octanol–water partition coefficient (Wildman–Crippen LogP) is 4.11. The second-order valence-electron chi connectivity index (χ2n) is 8.50. The van der Waals surface area contributed by atoms with Crippen LogP contribution in [0, 0.1) is 6.92 Å². The number of ether oxygens (including phenoxy) is 1. The van der Waals surface area contributed by atoms with Gasteiger partial charge < -0.3 is 4.74 Å². The fourth-order valence-electron chi connectivity index (χ4n) is 4.08. The summed E-state index contributed by atoms with van der Waals surface area (Å²) in [5.41, 5.74) is 4.65. The third-order valence-electron chi connectivity index (χ3n) is 6.22. The number of pyridine rings is 1. The molecule has 2 aromatic heterocycles. The van der Waals surface area contributed by atoms with Crippen LogP contribution in [0.1, 0.15) is 30.9 Å². The van der Waals surface area contributed by atoms with Crippen molar-refractivity contribution in [1.29, 1.82) is 0 Å². The summed E-state index contributed by atoms with van der Waals surface area (Å²) in [4.78, 5) is 31.3. The maximum Gasteiger partial charge on any atom is 0.332 e. The van der Waals surface area contributed by atoms with Crippen LogP contribution >= 0.6 is 0 Å². The molecule has 6 nitrogen and oxygen atoms in total. The lowest BCUT2D eigenvalue weighted by molar-refractivity contribution is 0.410. The Labute approximate surface area is 179 Å². The molecule has 1 aliphatic carbocycles. The van der Waals surface area contributed by atoms with Crippen molar-refractivity contribution in [2.75, 3.05) is 7.11 Å². The lowest BCUT2D eigenvalue weighted by Crippen LogP contribution is -2.28. The van der Waals surface area contributed by atoms with E-state index in [-0.39, 0.29) is 5.41 Å². The molecule has 0 aliphatic heterocycles. The van der Waals surface area contributed by atoms with Gasteiger partial charge in [0.1, 0.15) is 5.75 Å². The minimum atomic E-state index is -0.490. The molecule has 0 saturated heterocycles. The molecule has 0 spiro atoms. The third-order valence-corrected chi connectivity index (χ3v) is 6.22. The van der Waals surface area contributed by atoms with Crippen molar-refractivity contribution in [2.24, 2.45) is 0 Å². The molecule has 2 aromatic carbocycles. The smallest absolute Gasteiger partial charge is 0.332 e. The molecule has 1 N–H and O–H groups in total. The largest absolute Gasteiger partial charge is 0.496 e. The van der Waals surface area contributed by atoms with Crippen LogP contribution < -0.4 is 16.0 Å². The summed E-state index contributed by atoms with van der Waals surface area (Å²) in [7, 11) is 1.68. The number of benzene rings is 2. The zero-order valence-electron chi connectivity index (χ0n) is 17.7. The highest BCUT2D eigenvalue weighted by molar-refractivity contribution is 5.96. The molecule has 1 fully saturated rings. The third kappa shape index (κ3) is 3.24. The number of hydrogen-bond acceptors (Lipinski definition) is 4. The molecule has 1 saturated carbocycles. The van der Waals surface area contributed by atoms with E-state index in [1.807, 2.05) is 12.3 Å². The summed E-state index contributed by atoms with van der Waals surface area (Å²) in [6.45, 7) is 4.26. The number of H-pyrrole nitrogens is 1. The van der Waals surface area contributed by atoms with Crippen LogP contribution in [-0.2, 0) is 5.41 Å². The first-order valence-corrected chi connectivity index (χ1v) is 10.3. The van der Waals surface area contributed by atoms with E-state index < -0.39 is 11.2 Å². The summed E-state index contributed by atoms with van der Waals surface area (Å²) in [6.07, 6.45) is 5.42. The van der Waals surface area contributed by atoms with Gasteiger partial charge in [-0.2, -0.15) is 0 Å². The fourth-order valence-corrected chi connectivity index (χ4v) is 4.08. The Morgan fingerprint density at radius 1 is 1.06 bits per heavy atom. The molecule has 6 heteroatoms. The number of aromatic amines is 1. The van der Waals surface area contributed by atoms with E-state index in [1.54, 1.807) is 7.11 Å². The van der Waals surface area contributed by atoms with Crippen molar-refractivity contribution < 1.29 is 4.74 Å². The monoisotopic (exact) mass is 413 g/mol. The molecule has 31 heavy (non-hydrogen) atoms. The van der Waals surface area contributed by atoms with Gasteiger partial charge in [0.15, 0.2) is 0 Å². The van der Waals surface area contributed by atoms with E-state index in [0.29, 0.717) is 11.2 Å². The Morgan fingerprint density at radius 2 is 1.81 bits per heavy atom. The second kappa shape index (κ2) is 6.94. The number of hydrogen-bond donors (Lipinski definition) is 1. The fraction of sp³-hybridized carbons (Fsp3) is 0.240. The first-order valence-electron chi connectivity index (χ1n) is 10.3. The molecule has 0 atom stereocenters. The molecular formula is C25H23N3O3. The molecule has 1 aliphatic rings. The van der Waals surface area contributed by atoms with Crippen LogP contribution in [0.25, 0.3) is 27.7 Å². The summed E-state index contributed by atoms with van der Waals surface area (Å²) < 4.78 is 7.33. The lowest BCUT2D eigenvalue weighted by Gasteiger charge is -2.20. The van der Waals surface area contributed by atoms with Crippen molar-refractivity contribution in [2.45, 2.75) is 32.1 Å². The second-order valence-corrected chi connectivity index (χ2v) is 8.50. The Kier molecular flexibility index (Phi) is 4.32.